The zero-order valence-electron chi connectivity index (χ0n) is 12.7. The summed E-state index contributed by atoms with van der Waals surface area (Å²) in [6, 6.07) is 11.6. The molecule has 0 heterocycles. The summed E-state index contributed by atoms with van der Waals surface area (Å²) in [6.45, 7) is 6.42. The number of hydrogen-bond donors (Lipinski definition) is 2. The van der Waals surface area contributed by atoms with Crippen LogP contribution < -0.4 is 5.32 Å². The smallest absolute Gasteiger partial charge is 0.252 e. The van der Waals surface area contributed by atoms with Gasteiger partial charge in [0, 0.05) is 12.1 Å². The Kier molecular flexibility index (Phi) is 4.76. The highest BCUT2D eigenvalue weighted by molar-refractivity contribution is 5.97. The van der Waals surface area contributed by atoms with E-state index in [1.165, 1.54) is 0 Å². The van der Waals surface area contributed by atoms with E-state index in [1.807, 2.05) is 57.2 Å². The molecular formula is C18H21NO2. The van der Waals surface area contributed by atoms with Crippen LogP contribution in [0.2, 0.25) is 0 Å². The van der Waals surface area contributed by atoms with E-state index in [2.05, 4.69) is 5.32 Å². The number of carbonyl (C=O) groups excluding carboxylic acids is 1. The van der Waals surface area contributed by atoms with E-state index in [0.29, 0.717) is 6.54 Å². The van der Waals surface area contributed by atoms with Crippen LogP contribution in [0.25, 0.3) is 0 Å². The van der Waals surface area contributed by atoms with E-state index >= 15 is 0 Å². The molecule has 2 aromatic carbocycles. The molecule has 0 aliphatic heterocycles. The van der Waals surface area contributed by atoms with Crippen molar-refractivity contribution in [3.05, 3.63) is 69.8 Å². The predicted molar refractivity (Wildman–Crippen MR) is 84.2 cm³/mol. The fourth-order valence-corrected chi connectivity index (χ4v) is 2.65. The van der Waals surface area contributed by atoms with Crippen LogP contribution in [0.15, 0.2) is 36.4 Å². The van der Waals surface area contributed by atoms with Crippen molar-refractivity contribution in [1.29, 1.82) is 0 Å². The van der Waals surface area contributed by atoms with Gasteiger partial charge in [0.2, 0.25) is 0 Å². The minimum atomic E-state index is -0.0561. The highest BCUT2D eigenvalue weighted by atomic mass is 16.3. The Labute approximate surface area is 125 Å². The van der Waals surface area contributed by atoms with Crippen LogP contribution in [0.1, 0.15) is 38.2 Å². The summed E-state index contributed by atoms with van der Waals surface area (Å²) in [5, 5.41) is 12.1. The molecule has 2 N–H and O–H groups in total. The molecule has 21 heavy (non-hydrogen) atoms. The van der Waals surface area contributed by atoms with Crippen LogP contribution in [0, 0.1) is 20.8 Å². The number of nitrogens with one attached hydrogen (secondary N) is 1. The number of benzene rings is 2. The Morgan fingerprint density at radius 2 is 1.67 bits per heavy atom. The van der Waals surface area contributed by atoms with Crippen molar-refractivity contribution < 1.29 is 9.90 Å². The van der Waals surface area contributed by atoms with E-state index in [9.17, 15) is 4.79 Å². The lowest BCUT2D eigenvalue weighted by atomic mass is 9.99. The average molecular weight is 283 g/mol. The van der Waals surface area contributed by atoms with Crippen LogP contribution in [-0.2, 0) is 13.2 Å². The molecule has 0 atom stereocenters. The summed E-state index contributed by atoms with van der Waals surface area (Å²) in [6.07, 6.45) is 0. The number of hydrogen-bond acceptors (Lipinski definition) is 2. The minimum Gasteiger partial charge on any atom is -0.392 e. The predicted octanol–water partition coefficient (Wildman–Crippen LogP) is 3.03. The maximum Gasteiger partial charge on any atom is 0.252 e. The number of amides is 1. The maximum atomic E-state index is 12.4. The van der Waals surface area contributed by atoms with Crippen molar-refractivity contribution in [2.24, 2.45) is 0 Å². The molecule has 0 bridgehead atoms. The van der Waals surface area contributed by atoms with Gasteiger partial charge in [-0.25, -0.2) is 0 Å². The molecule has 2 aromatic rings. The fourth-order valence-electron chi connectivity index (χ4n) is 2.65. The van der Waals surface area contributed by atoms with E-state index in [-0.39, 0.29) is 12.5 Å². The van der Waals surface area contributed by atoms with Crippen LogP contribution >= 0.6 is 0 Å². The van der Waals surface area contributed by atoms with E-state index in [0.717, 1.165) is 33.4 Å². The molecule has 3 heteroatoms. The van der Waals surface area contributed by atoms with Gasteiger partial charge in [0.25, 0.3) is 5.91 Å². The third kappa shape index (κ3) is 3.70. The molecule has 3 nitrogen and oxygen atoms in total. The lowest BCUT2D eigenvalue weighted by molar-refractivity contribution is 0.0949. The van der Waals surface area contributed by atoms with Gasteiger partial charge >= 0.3 is 0 Å². The molecule has 0 fully saturated rings. The van der Waals surface area contributed by atoms with Crippen molar-refractivity contribution in [3.8, 4) is 0 Å². The Bertz CT molecular complexity index is 639. The Morgan fingerprint density at radius 1 is 1.05 bits per heavy atom. The highest BCUT2D eigenvalue weighted by Crippen LogP contribution is 2.16. The summed E-state index contributed by atoms with van der Waals surface area (Å²) in [5.74, 6) is -0.0561. The van der Waals surface area contributed by atoms with Gasteiger partial charge < -0.3 is 10.4 Å². The standard InChI is InChI=1S/C18H21NO2/c1-12-7-13(2)17(14(3)8-12)18(21)19-10-15-5-4-6-16(9-15)11-20/h4-9,20H,10-11H2,1-3H3,(H,19,21). The number of aliphatic hydroxyl groups excluding tert-OH is 1. The Balaban J connectivity index is 2.12. The molecule has 0 saturated carbocycles. The monoisotopic (exact) mass is 283 g/mol. The van der Waals surface area contributed by atoms with Gasteiger partial charge in [-0.2, -0.15) is 0 Å². The van der Waals surface area contributed by atoms with Crippen molar-refractivity contribution in [2.45, 2.75) is 33.9 Å². The first kappa shape index (κ1) is 15.3. The highest BCUT2D eigenvalue weighted by Gasteiger charge is 2.12. The fraction of sp³-hybridized carbons (Fsp3) is 0.278. The van der Waals surface area contributed by atoms with Gasteiger partial charge in [-0.1, -0.05) is 42.0 Å². The molecule has 0 saturated heterocycles. The second-order valence-electron chi connectivity index (χ2n) is 5.43. The van der Waals surface area contributed by atoms with Gasteiger partial charge in [0.1, 0.15) is 0 Å². The molecule has 0 radical (unpaired) electrons. The Morgan fingerprint density at radius 3 is 2.29 bits per heavy atom. The van der Waals surface area contributed by atoms with Gasteiger partial charge in [-0.3, -0.25) is 4.79 Å². The second kappa shape index (κ2) is 6.55. The number of aliphatic hydroxyl groups is 1. The van der Waals surface area contributed by atoms with Crippen molar-refractivity contribution in [3.63, 3.8) is 0 Å². The Hall–Kier alpha value is -2.13. The van der Waals surface area contributed by atoms with E-state index in [4.69, 9.17) is 5.11 Å². The number of carbonyl (C=O) groups is 1. The number of rotatable bonds is 4. The van der Waals surface area contributed by atoms with Crippen LogP contribution in [0.4, 0.5) is 0 Å². The van der Waals surface area contributed by atoms with E-state index < -0.39 is 0 Å². The summed E-state index contributed by atoms with van der Waals surface area (Å²) >= 11 is 0. The van der Waals surface area contributed by atoms with Gasteiger partial charge in [0.15, 0.2) is 0 Å². The third-order valence-electron chi connectivity index (χ3n) is 3.53. The van der Waals surface area contributed by atoms with Crippen LogP contribution in [0.5, 0.6) is 0 Å². The van der Waals surface area contributed by atoms with E-state index in [1.54, 1.807) is 0 Å². The normalized spacial score (nSPS) is 10.5. The molecule has 0 aliphatic rings. The van der Waals surface area contributed by atoms with Crippen molar-refractivity contribution in [2.75, 3.05) is 0 Å². The second-order valence-corrected chi connectivity index (χ2v) is 5.43. The minimum absolute atomic E-state index is 0.0119. The lowest BCUT2D eigenvalue weighted by Gasteiger charge is -2.12. The zero-order chi connectivity index (χ0) is 15.4. The summed E-state index contributed by atoms with van der Waals surface area (Å²) in [5.41, 5.74) is 5.74. The number of aryl methyl sites for hydroxylation is 3. The lowest BCUT2D eigenvalue weighted by Crippen LogP contribution is -2.24. The molecule has 0 spiro atoms. The summed E-state index contributed by atoms with van der Waals surface area (Å²) in [7, 11) is 0. The first-order valence-electron chi connectivity index (χ1n) is 7.06. The van der Waals surface area contributed by atoms with Crippen LogP contribution in [0.3, 0.4) is 0 Å². The average Bonchev–Trinajstić information content (AvgIpc) is 2.44. The van der Waals surface area contributed by atoms with Gasteiger partial charge in [0.05, 0.1) is 6.61 Å². The molecule has 0 unspecified atom stereocenters. The van der Waals surface area contributed by atoms with Gasteiger partial charge in [-0.15, -0.1) is 0 Å². The molecule has 0 aliphatic carbocycles. The zero-order valence-corrected chi connectivity index (χ0v) is 12.7. The van der Waals surface area contributed by atoms with Gasteiger partial charge in [-0.05, 0) is 43.0 Å². The topological polar surface area (TPSA) is 49.3 Å². The SMILES string of the molecule is Cc1cc(C)c(C(=O)NCc2cccc(CO)c2)c(C)c1. The van der Waals surface area contributed by atoms with Crippen molar-refractivity contribution >= 4 is 5.91 Å². The summed E-state index contributed by atoms with van der Waals surface area (Å²) < 4.78 is 0. The molecule has 2 rings (SSSR count). The third-order valence-corrected chi connectivity index (χ3v) is 3.53. The molecular weight excluding hydrogens is 262 g/mol. The molecule has 110 valence electrons. The van der Waals surface area contributed by atoms with Crippen molar-refractivity contribution in [1.82, 2.24) is 5.32 Å². The quantitative estimate of drug-likeness (QED) is 0.906. The maximum absolute atomic E-state index is 12.4. The molecule has 0 aromatic heterocycles. The van der Waals surface area contributed by atoms with Crippen LogP contribution in [-0.4, -0.2) is 11.0 Å². The largest absolute Gasteiger partial charge is 0.392 e. The summed E-state index contributed by atoms with van der Waals surface area (Å²) in [4.78, 5) is 12.4. The molecule has 1 amide bonds. The first-order chi connectivity index (χ1) is 10.0. The first-order valence-corrected chi connectivity index (χ1v) is 7.06.